The summed E-state index contributed by atoms with van der Waals surface area (Å²) in [6, 6.07) is 0. The van der Waals surface area contributed by atoms with Crippen molar-refractivity contribution in [3.8, 4) is 0 Å². The summed E-state index contributed by atoms with van der Waals surface area (Å²) in [5.41, 5.74) is 0. The highest BCUT2D eigenvalue weighted by molar-refractivity contribution is 7.30. The molecule has 0 spiro atoms. The van der Waals surface area contributed by atoms with Crippen molar-refractivity contribution < 1.29 is 20.8 Å². The predicted molar refractivity (Wildman–Crippen MR) is 26.9 cm³/mol. The maximum Gasteiger partial charge on any atom is 0.521 e. The van der Waals surface area contributed by atoms with Crippen molar-refractivity contribution >= 4 is 8.25 Å². The van der Waals surface area contributed by atoms with E-state index in [0.717, 1.165) is 0 Å². The highest BCUT2D eigenvalue weighted by atomic mass is 31.1. The van der Waals surface area contributed by atoms with Gasteiger partial charge >= 0.3 is 8.25 Å². The van der Waals surface area contributed by atoms with Crippen LogP contribution in [0.2, 0.25) is 0 Å². The SMILES string of the molecule is C.C.O=[P+]([O-])OO.[HH]. The first kappa shape index (κ1) is 15.8. The Balaban J connectivity index is -0.0000000267. The molecule has 1 atom stereocenters. The lowest BCUT2D eigenvalue weighted by Gasteiger charge is -1.67. The van der Waals surface area contributed by atoms with Gasteiger partial charge in [-0.25, -0.2) is 5.26 Å². The second-order valence-electron chi connectivity index (χ2n) is 0.305. The summed E-state index contributed by atoms with van der Waals surface area (Å²) in [5.74, 6) is 0. The van der Waals surface area contributed by atoms with E-state index in [4.69, 9.17) is 14.7 Å². The normalized spacial score (nSPS) is 8.00. The summed E-state index contributed by atoms with van der Waals surface area (Å²) in [7, 11) is -3.04. The highest BCUT2D eigenvalue weighted by Crippen LogP contribution is 2.02. The van der Waals surface area contributed by atoms with E-state index in [1.54, 1.807) is 0 Å². The Morgan fingerprint density at radius 3 is 1.86 bits per heavy atom. The molecule has 0 heterocycles. The lowest BCUT2D eigenvalue weighted by Crippen LogP contribution is -1.84. The minimum absolute atomic E-state index is 0. The van der Waals surface area contributed by atoms with Gasteiger partial charge in [-0.05, 0) is 4.57 Å². The van der Waals surface area contributed by atoms with Crippen molar-refractivity contribution in [1.29, 1.82) is 0 Å². The van der Waals surface area contributed by atoms with Crippen molar-refractivity contribution in [3.05, 3.63) is 0 Å². The highest BCUT2D eigenvalue weighted by Gasteiger charge is 1.90. The first-order valence-corrected chi connectivity index (χ1v) is 1.83. The molecule has 0 aromatic heterocycles. The van der Waals surface area contributed by atoms with E-state index >= 15 is 0 Å². The molecular formula is C2H11O4P. The molecule has 0 aliphatic heterocycles. The Morgan fingerprint density at radius 2 is 1.86 bits per heavy atom. The minimum atomic E-state index is -3.04. The largest absolute Gasteiger partial charge is 0.565 e. The second-order valence-corrected chi connectivity index (χ2v) is 0.916. The van der Waals surface area contributed by atoms with Crippen LogP contribution < -0.4 is 4.89 Å². The van der Waals surface area contributed by atoms with Gasteiger partial charge in [0.2, 0.25) is 0 Å². The van der Waals surface area contributed by atoms with E-state index in [1.807, 2.05) is 0 Å². The van der Waals surface area contributed by atoms with E-state index in [9.17, 15) is 0 Å². The number of hydrogen-bond donors (Lipinski definition) is 1. The fraction of sp³-hybridized carbons (Fsp3) is 1.00. The molecule has 0 aliphatic rings. The van der Waals surface area contributed by atoms with Gasteiger partial charge in [-0.1, -0.05) is 14.9 Å². The van der Waals surface area contributed by atoms with Gasteiger partial charge in [0.1, 0.15) is 0 Å². The molecule has 0 amide bonds. The third-order valence-electron chi connectivity index (χ3n) is 0.0667. The van der Waals surface area contributed by atoms with Crippen LogP contribution in [0.4, 0.5) is 0 Å². The molecule has 0 aromatic carbocycles. The lowest BCUT2D eigenvalue weighted by molar-refractivity contribution is -0.244. The minimum Gasteiger partial charge on any atom is -0.565 e. The first-order chi connectivity index (χ1) is 2.27. The standard InChI is InChI=1S/2CH4.HO4P.H2/c;;1-4-5(2)3;/h2*1H4;1H;1H. The topological polar surface area (TPSA) is 69.6 Å². The van der Waals surface area contributed by atoms with Crippen LogP contribution in [0.15, 0.2) is 0 Å². The second kappa shape index (κ2) is 9.36. The maximum absolute atomic E-state index is 8.93. The Bertz CT molecular complexity index is 49.3. The van der Waals surface area contributed by atoms with E-state index in [-0.39, 0.29) is 16.3 Å². The third kappa shape index (κ3) is 24.2. The van der Waals surface area contributed by atoms with Gasteiger partial charge < -0.3 is 4.89 Å². The zero-order valence-electron chi connectivity index (χ0n) is 2.12. The van der Waals surface area contributed by atoms with Crippen LogP contribution in [0.5, 0.6) is 0 Å². The van der Waals surface area contributed by atoms with E-state index in [0.29, 0.717) is 0 Å². The van der Waals surface area contributed by atoms with Gasteiger partial charge in [0.15, 0.2) is 0 Å². The molecule has 0 rings (SSSR count). The van der Waals surface area contributed by atoms with Crippen LogP contribution >= 0.6 is 8.25 Å². The van der Waals surface area contributed by atoms with E-state index < -0.39 is 8.25 Å². The first-order valence-electron chi connectivity index (χ1n) is 0.730. The average Bonchev–Trinajstić information content (AvgIpc) is 1.38. The van der Waals surface area contributed by atoms with Gasteiger partial charge in [0, 0.05) is 6.10 Å². The summed E-state index contributed by atoms with van der Waals surface area (Å²) in [6.07, 6.45) is 0. The number of rotatable bonds is 1. The van der Waals surface area contributed by atoms with E-state index in [1.165, 1.54) is 0 Å². The fourth-order valence-corrected chi connectivity index (χ4v) is 0. The van der Waals surface area contributed by atoms with Crippen LogP contribution in [0.1, 0.15) is 16.3 Å². The molecule has 0 radical (unpaired) electrons. The summed E-state index contributed by atoms with van der Waals surface area (Å²) in [4.78, 5) is 8.93. The third-order valence-corrected chi connectivity index (χ3v) is 0.200. The number of hydrogen-bond acceptors (Lipinski definition) is 4. The monoisotopic (exact) mass is 130 g/mol. The molecule has 4 nitrogen and oxygen atoms in total. The molecule has 0 saturated carbocycles. The average molecular weight is 130 g/mol. The van der Waals surface area contributed by atoms with Crippen molar-refractivity contribution in [2.45, 2.75) is 14.9 Å². The van der Waals surface area contributed by atoms with Crippen molar-refractivity contribution in [2.75, 3.05) is 0 Å². The van der Waals surface area contributed by atoms with Crippen LogP contribution in [0.3, 0.4) is 0 Å². The zero-order chi connectivity index (χ0) is 4.28. The Hall–Kier alpha value is -0.0200. The van der Waals surface area contributed by atoms with Gasteiger partial charge in [-0.3, -0.25) is 0 Å². The maximum atomic E-state index is 8.93. The molecule has 1 unspecified atom stereocenters. The summed E-state index contributed by atoms with van der Waals surface area (Å²) < 4.78 is 11.6. The predicted octanol–water partition coefficient (Wildman–Crippen LogP) is 1.01. The molecular weight excluding hydrogens is 119 g/mol. The molecule has 48 valence electrons. The summed E-state index contributed by atoms with van der Waals surface area (Å²) >= 11 is 0. The Morgan fingerprint density at radius 1 is 1.71 bits per heavy atom. The lowest BCUT2D eigenvalue weighted by atomic mass is 12.0. The van der Waals surface area contributed by atoms with Crippen LogP contribution in [-0.2, 0) is 9.24 Å². The molecule has 0 aliphatic carbocycles. The van der Waals surface area contributed by atoms with Crippen LogP contribution in [0.25, 0.3) is 0 Å². The van der Waals surface area contributed by atoms with Gasteiger partial charge in [0.05, 0.1) is 0 Å². The Kier molecular flexibility index (Phi) is 21.1. The van der Waals surface area contributed by atoms with Crippen LogP contribution in [-0.4, -0.2) is 5.26 Å². The van der Waals surface area contributed by atoms with Gasteiger partial charge in [-0.15, -0.1) is 0 Å². The van der Waals surface area contributed by atoms with Crippen molar-refractivity contribution in [1.82, 2.24) is 0 Å². The van der Waals surface area contributed by atoms with Gasteiger partial charge in [0.25, 0.3) is 0 Å². The summed E-state index contributed by atoms with van der Waals surface area (Å²) in [5, 5.41) is 7.05. The zero-order valence-corrected chi connectivity index (χ0v) is 3.01. The summed E-state index contributed by atoms with van der Waals surface area (Å²) in [6.45, 7) is 0. The molecule has 0 aromatic rings. The molecule has 0 fully saturated rings. The molecule has 7 heavy (non-hydrogen) atoms. The van der Waals surface area contributed by atoms with Crippen molar-refractivity contribution in [2.24, 2.45) is 0 Å². The van der Waals surface area contributed by atoms with Crippen LogP contribution in [0, 0.1) is 0 Å². The van der Waals surface area contributed by atoms with E-state index in [2.05, 4.69) is 4.67 Å². The molecule has 5 heteroatoms. The fourth-order valence-electron chi connectivity index (χ4n) is 0. The molecule has 0 bridgehead atoms. The van der Waals surface area contributed by atoms with Gasteiger partial charge in [-0.2, -0.15) is 0 Å². The Labute approximate surface area is 45.1 Å². The molecule has 1 N–H and O–H groups in total. The quantitative estimate of drug-likeness (QED) is 0.326. The molecule has 0 saturated heterocycles. The van der Waals surface area contributed by atoms with Crippen molar-refractivity contribution in [3.63, 3.8) is 0 Å². The smallest absolute Gasteiger partial charge is 0.521 e.